The van der Waals surface area contributed by atoms with Gasteiger partial charge in [-0.2, -0.15) is 0 Å². The van der Waals surface area contributed by atoms with Gasteiger partial charge in [0.25, 0.3) is 5.91 Å². The second kappa shape index (κ2) is 9.80. The van der Waals surface area contributed by atoms with E-state index in [0.29, 0.717) is 42.7 Å². The Morgan fingerprint density at radius 1 is 0.969 bits per heavy atom. The van der Waals surface area contributed by atoms with Gasteiger partial charge in [-0.3, -0.25) is 9.59 Å². The number of likely N-dealkylation sites (tertiary alicyclic amines) is 1. The van der Waals surface area contributed by atoms with E-state index in [4.69, 9.17) is 0 Å². The smallest absolute Gasteiger partial charge is 0.337 e. The van der Waals surface area contributed by atoms with Gasteiger partial charge in [-0.05, 0) is 62.1 Å². The fourth-order valence-electron chi connectivity index (χ4n) is 4.25. The fourth-order valence-corrected chi connectivity index (χ4v) is 4.25. The van der Waals surface area contributed by atoms with Gasteiger partial charge in [-0.15, -0.1) is 0 Å². The lowest BCUT2D eigenvalue weighted by molar-refractivity contribution is -0.120. The van der Waals surface area contributed by atoms with E-state index in [9.17, 15) is 14.4 Å². The molecule has 0 atom stereocenters. The zero-order chi connectivity index (χ0) is 22.5. The standard InChI is InChI=1S/C24H28N4O4/c1-32-24(31)18-4-6-20(7-5-18)26-22(29)17-9-14-27(15-10-17)21-16-19(8-11-25-21)23(30)28-12-2-3-13-28/h4-8,11,16-17H,2-3,9-10,12-15H2,1H3,(H,26,29). The normalized spacial score (nSPS) is 16.7. The monoisotopic (exact) mass is 436 g/mol. The van der Waals surface area contributed by atoms with E-state index in [1.165, 1.54) is 7.11 Å². The molecule has 0 saturated carbocycles. The summed E-state index contributed by atoms with van der Waals surface area (Å²) < 4.78 is 4.69. The largest absolute Gasteiger partial charge is 0.465 e. The molecule has 2 amide bonds. The third kappa shape index (κ3) is 4.90. The van der Waals surface area contributed by atoms with Crippen LogP contribution in [0.5, 0.6) is 0 Å². The first-order valence-corrected chi connectivity index (χ1v) is 11.0. The minimum Gasteiger partial charge on any atom is -0.465 e. The zero-order valence-corrected chi connectivity index (χ0v) is 18.3. The number of hydrogen-bond acceptors (Lipinski definition) is 6. The van der Waals surface area contributed by atoms with Gasteiger partial charge in [0, 0.05) is 49.5 Å². The van der Waals surface area contributed by atoms with Crippen LogP contribution in [-0.2, 0) is 9.53 Å². The quantitative estimate of drug-likeness (QED) is 0.725. The molecule has 168 valence electrons. The number of aromatic nitrogens is 1. The molecular weight excluding hydrogens is 408 g/mol. The minimum absolute atomic E-state index is 0.0265. The number of rotatable bonds is 5. The van der Waals surface area contributed by atoms with Gasteiger partial charge in [-0.1, -0.05) is 0 Å². The number of methoxy groups -OCH3 is 1. The molecule has 3 heterocycles. The van der Waals surface area contributed by atoms with E-state index in [0.717, 1.165) is 31.7 Å². The van der Waals surface area contributed by atoms with Crippen LogP contribution in [0.1, 0.15) is 46.4 Å². The molecule has 0 radical (unpaired) electrons. The van der Waals surface area contributed by atoms with E-state index >= 15 is 0 Å². The lowest BCUT2D eigenvalue weighted by Gasteiger charge is -2.32. The van der Waals surface area contributed by atoms with E-state index < -0.39 is 5.97 Å². The van der Waals surface area contributed by atoms with Crippen molar-refractivity contribution in [2.45, 2.75) is 25.7 Å². The molecule has 0 bridgehead atoms. The summed E-state index contributed by atoms with van der Waals surface area (Å²) in [6.07, 6.45) is 5.23. The molecule has 1 aromatic carbocycles. The maximum atomic E-state index is 12.7. The second-order valence-corrected chi connectivity index (χ2v) is 8.22. The molecule has 2 aromatic rings. The van der Waals surface area contributed by atoms with Crippen LogP contribution in [0.2, 0.25) is 0 Å². The lowest BCUT2D eigenvalue weighted by Crippen LogP contribution is -2.38. The highest BCUT2D eigenvalue weighted by Gasteiger charge is 2.27. The number of amides is 2. The first-order chi connectivity index (χ1) is 15.5. The number of nitrogens with zero attached hydrogens (tertiary/aromatic N) is 3. The summed E-state index contributed by atoms with van der Waals surface area (Å²) in [4.78, 5) is 45.4. The van der Waals surface area contributed by atoms with Gasteiger partial charge in [0.2, 0.25) is 5.91 Å². The van der Waals surface area contributed by atoms with Crippen LogP contribution in [0.3, 0.4) is 0 Å². The molecule has 0 unspecified atom stereocenters. The molecule has 0 aliphatic carbocycles. The van der Waals surface area contributed by atoms with Gasteiger partial charge in [0.05, 0.1) is 12.7 Å². The Morgan fingerprint density at radius 3 is 2.31 bits per heavy atom. The molecule has 32 heavy (non-hydrogen) atoms. The van der Waals surface area contributed by atoms with Crippen LogP contribution >= 0.6 is 0 Å². The third-order valence-electron chi connectivity index (χ3n) is 6.15. The van der Waals surface area contributed by atoms with Crippen molar-refractivity contribution < 1.29 is 19.1 Å². The number of benzene rings is 1. The maximum absolute atomic E-state index is 12.7. The average molecular weight is 437 g/mol. The van der Waals surface area contributed by atoms with Crippen molar-refractivity contribution in [1.29, 1.82) is 0 Å². The number of anilines is 2. The van der Waals surface area contributed by atoms with E-state index in [1.807, 2.05) is 11.0 Å². The number of carbonyl (C=O) groups excluding carboxylic acids is 3. The van der Waals surface area contributed by atoms with Crippen LogP contribution in [-0.4, -0.2) is 61.0 Å². The third-order valence-corrected chi connectivity index (χ3v) is 6.15. The predicted octanol–water partition coefficient (Wildman–Crippen LogP) is 2.96. The minimum atomic E-state index is -0.407. The number of hydrogen-bond donors (Lipinski definition) is 1. The van der Waals surface area contributed by atoms with Crippen molar-refractivity contribution in [3.05, 3.63) is 53.7 Å². The molecule has 2 aliphatic rings. The van der Waals surface area contributed by atoms with Crippen molar-refractivity contribution in [1.82, 2.24) is 9.88 Å². The Balaban J connectivity index is 1.32. The van der Waals surface area contributed by atoms with E-state index in [-0.39, 0.29) is 17.7 Å². The number of esters is 1. The number of pyridine rings is 1. The maximum Gasteiger partial charge on any atom is 0.337 e. The summed E-state index contributed by atoms with van der Waals surface area (Å²) >= 11 is 0. The summed E-state index contributed by atoms with van der Waals surface area (Å²) in [5.41, 5.74) is 1.77. The highest BCUT2D eigenvalue weighted by atomic mass is 16.5. The summed E-state index contributed by atoms with van der Waals surface area (Å²) in [7, 11) is 1.33. The van der Waals surface area contributed by atoms with Crippen molar-refractivity contribution in [3.8, 4) is 0 Å². The predicted molar refractivity (Wildman–Crippen MR) is 121 cm³/mol. The Bertz CT molecular complexity index is 978. The van der Waals surface area contributed by atoms with Crippen LogP contribution in [0.25, 0.3) is 0 Å². The Morgan fingerprint density at radius 2 is 1.66 bits per heavy atom. The topological polar surface area (TPSA) is 91.8 Å². The molecule has 2 saturated heterocycles. The first-order valence-electron chi connectivity index (χ1n) is 11.0. The van der Waals surface area contributed by atoms with Crippen molar-refractivity contribution in [2.24, 2.45) is 5.92 Å². The molecular formula is C24H28N4O4. The van der Waals surface area contributed by atoms with E-state index in [2.05, 4.69) is 19.9 Å². The molecule has 1 aromatic heterocycles. The molecule has 2 fully saturated rings. The van der Waals surface area contributed by atoms with Crippen LogP contribution in [0, 0.1) is 5.92 Å². The van der Waals surface area contributed by atoms with Crippen LogP contribution < -0.4 is 10.2 Å². The van der Waals surface area contributed by atoms with Crippen molar-refractivity contribution in [2.75, 3.05) is 43.5 Å². The Labute approximate surface area is 187 Å². The number of piperidine rings is 1. The molecule has 8 heteroatoms. The SMILES string of the molecule is COC(=O)c1ccc(NC(=O)C2CCN(c3cc(C(=O)N4CCCC4)ccn3)CC2)cc1. The van der Waals surface area contributed by atoms with Gasteiger partial charge in [0.15, 0.2) is 0 Å². The molecule has 0 spiro atoms. The van der Waals surface area contributed by atoms with Gasteiger partial charge >= 0.3 is 5.97 Å². The molecule has 4 rings (SSSR count). The molecule has 8 nitrogen and oxygen atoms in total. The highest BCUT2D eigenvalue weighted by Crippen LogP contribution is 2.24. The van der Waals surface area contributed by atoms with Gasteiger partial charge in [0.1, 0.15) is 5.82 Å². The first kappa shape index (κ1) is 21.8. The Kier molecular flexibility index (Phi) is 6.68. The summed E-state index contributed by atoms with van der Waals surface area (Å²) in [6, 6.07) is 10.3. The van der Waals surface area contributed by atoms with Crippen molar-refractivity contribution >= 4 is 29.3 Å². The zero-order valence-electron chi connectivity index (χ0n) is 18.3. The summed E-state index contributed by atoms with van der Waals surface area (Å²) in [6.45, 7) is 3.05. The highest BCUT2D eigenvalue weighted by molar-refractivity contribution is 5.95. The fraction of sp³-hybridized carbons (Fsp3) is 0.417. The van der Waals surface area contributed by atoms with Gasteiger partial charge < -0.3 is 19.9 Å². The summed E-state index contributed by atoms with van der Waals surface area (Å²) in [5.74, 6) is 0.323. The molecule has 1 N–H and O–H groups in total. The van der Waals surface area contributed by atoms with Crippen LogP contribution in [0.15, 0.2) is 42.6 Å². The Hall–Kier alpha value is -3.42. The van der Waals surface area contributed by atoms with E-state index in [1.54, 1.807) is 36.5 Å². The number of nitrogens with one attached hydrogen (secondary N) is 1. The van der Waals surface area contributed by atoms with Crippen molar-refractivity contribution in [3.63, 3.8) is 0 Å². The number of carbonyl (C=O) groups is 3. The average Bonchev–Trinajstić information content (AvgIpc) is 3.39. The second-order valence-electron chi connectivity index (χ2n) is 8.22. The van der Waals surface area contributed by atoms with Gasteiger partial charge in [-0.25, -0.2) is 9.78 Å². The number of ether oxygens (including phenoxy) is 1. The summed E-state index contributed by atoms with van der Waals surface area (Å²) in [5, 5.41) is 2.93. The van der Waals surface area contributed by atoms with Crippen LogP contribution in [0.4, 0.5) is 11.5 Å². The molecule has 2 aliphatic heterocycles. The lowest BCUT2D eigenvalue weighted by atomic mass is 9.95.